The summed E-state index contributed by atoms with van der Waals surface area (Å²) in [5.41, 5.74) is 0.324. The average molecular weight is 333 g/mol. The lowest BCUT2D eigenvalue weighted by atomic mass is 9.88. The minimum absolute atomic E-state index is 0.662. The molecule has 1 atom stereocenters. The predicted octanol–water partition coefficient (Wildman–Crippen LogP) is 3.06. The van der Waals surface area contributed by atoms with Gasteiger partial charge in [0.15, 0.2) is 0 Å². The number of rotatable bonds is 6. The molecule has 0 fully saturated rings. The summed E-state index contributed by atoms with van der Waals surface area (Å²) in [7, 11) is 0. The van der Waals surface area contributed by atoms with Gasteiger partial charge in [-0.2, -0.15) is 10.4 Å². The highest BCUT2D eigenvalue weighted by Gasteiger charge is 2.30. The standard InChI is InChI=1S/C15H17BrN4/c1-2-18-15(12-17,13-6-4-3-5-7-13)8-9-20-11-14(16)10-19-20/h3-7,10-11,18H,2,8-9H2,1H3. The van der Waals surface area contributed by atoms with Crippen LogP contribution in [-0.2, 0) is 12.1 Å². The zero-order valence-electron chi connectivity index (χ0n) is 11.4. The van der Waals surface area contributed by atoms with E-state index in [0.717, 1.165) is 16.6 Å². The first-order valence-corrected chi connectivity index (χ1v) is 7.39. The molecule has 20 heavy (non-hydrogen) atoms. The van der Waals surface area contributed by atoms with E-state index in [1.165, 1.54) is 0 Å². The normalized spacial score (nSPS) is 13.7. The van der Waals surface area contributed by atoms with Gasteiger partial charge in [-0.15, -0.1) is 0 Å². The van der Waals surface area contributed by atoms with Crippen LogP contribution in [-0.4, -0.2) is 16.3 Å². The molecule has 0 radical (unpaired) electrons. The van der Waals surface area contributed by atoms with Crippen LogP contribution in [0.4, 0.5) is 0 Å². The monoisotopic (exact) mass is 332 g/mol. The van der Waals surface area contributed by atoms with Crippen LogP contribution in [0.1, 0.15) is 18.9 Å². The molecular formula is C15H17BrN4. The Morgan fingerprint density at radius 2 is 2.15 bits per heavy atom. The summed E-state index contributed by atoms with van der Waals surface area (Å²) >= 11 is 3.38. The Hall–Kier alpha value is -1.64. The van der Waals surface area contributed by atoms with E-state index >= 15 is 0 Å². The quantitative estimate of drug-likeness (QED) is 0.884. The number of halogens is 1. The highest BCUT2D eigenvalue weighted by atomic mass is 79.9. The fraction of sp³-hybridized carbons (Fsp3) is 0.333. The molecule has 0 bridgehead atoms. The number of hydrogen-bond acceptors (Lipinski definition) is 3. The van der Waals surface area contributed by atoms with Gasteiger partial charge in [0.2, 0.25) is 0 Å². The molecule has 1 unspecified atom stereocenters. The van der Waals surface area contributed by atoms with Crippen molar-refractivity contribution >= 4 is 15.9 Å². The molecule has 0 saturated carbocycles. The number of aromatic nitrogens is 2. The molecule has 104 valence electrons. The lowest BCUT2D eigenvalue weighted by Crippen LogP contribution is -2.42. The Balaban J connectivity index is 2.21. The van der Waals surface area contributed by atoms with E-state index in [0.29, 0.717) is 13.0 Å². The molecule has 0 aliphatic rings. The molecule has 1 heterocycles. The summed E-state index contributed by atoms with van der Waals surface area (Å²) < 4.78 is 2.79. The van der Waals surface area contributed by atoms with E-state index in [2.05, 4.69) is 32.4 Å². The van der Waals surface area contributed by atoms with Crippen LogP contribution in [0.5, 0.6) is 0 Å². The highest BCUT2D eigenvalue weighted by molar-refractivity contribution is 9.10. The smallest absolute Gasteiger partial charge is 0.134 e. The number of hydrogen-bond donors (Lipinski definition) is 1. The SMILES string of the molecule is CCNC(C#N)(CCn1cc(Br)cn1)c1ccccc1. The fourth-order valence-electron chi connectivity index (χ4n) is 2.26. The van der Waals surface area contributed by atoms with Crippen molar-refractivity contribution in [1.82, 2.24) is 15.1 Å². The first kappa shape index (κ1) is 14.8. The molecular weight excluding hydrogens is 316 g/mol. The minimum Gasteiger partial charge on any atom is -0.296 e. The zero-order valence-corrected chi connectivity index (χ0v) is 13.0. The van der Waals surface area contributed by atoms with Crippen LogP contribution < -0.4 is 5.32 Å². The zero-order chi connectivity index (χ0) is 14.4. The van der Waals surface area contributed by atoms with Gasteiger partial charge in [-0.1, -0.05) is 37.3 Å². The molecule has 1 N–H and O–H groups in total. The van der Waals surface area contributed by atoms with Gasteiger partial charge in [-0.05, 0) is 28.0 Å². The number of nitrogens with zero attached hydrogens (tertiary/aromatic N) is 3. The maximum atomic E-state index is 9.69. The molecule has 1 aromatic heterocycles. The topological polar surface area (TPSA) is 53.6 Å². The highest BCUT2D eigenvalue weighted by Crippen LogP contribution is 2.25. The predicted molar refractivity (Wildman–Crippen MR) is 82.0 cm³/mol. The maximum Gasteiger partial charge on any atom is 0.134 e. The van der Waals surface area contributed by atoms with Crippen molar-refractivity contribution in [1.29, 1.82) is 5.26 Å². The van der Waals surface area contributed by atoms with E-state index in [1.807, 2.05) is 48.1 Å². The summed E-state index contributed by atoms with van der Waals surface area (Å²) in [6, 6.07) is 12.3. The van der Waals surface area contributed by atoms with Crippen molar-refractivity contribution in [2.24, 2.45) is 0 Å². The van der Waals surface area contributed by atoms with Gasteiger partial charge in [0.05, 0.1) is 16.7 Å². The maximum absolute atomic E-state index is 9.69. The van der Waals surface area contributed by atoms with Gasteiger partial charge in [0, 0.05) is 19.2 Å². The Morgan fingerprint density at radius 3 is 2.70 bits per heavy atom. The van der Waals surface area contributed by atoms with Crippen LogP contribution in [0.15, 0.2) is 47.2 Å². The molecule has 0 amide bonds. The van der Waals surface area contributed by atoms with Crippen molar-refractivity contribution in [3.8, 4) is 6.07 Å². The molecule has 5 heteroatoms. The van der Waals surface area contributed by atoms with Gasteiger partial charge >= 0.3 is 0 Å². The number of benzene rings is 1. The van der Waals surface area contributed by atoms with Gasteiger partial charge in [-0.25, -0.2) is 0 Å². The third-order valence-corrected chi connectivity index (χ3v) is 3.66. The number of nitriles is 1. The Labute approximate surface area is 127 Å². The largest absolute Gasteiger partial charge is 0.296 e. The van der Waals surface area contributed by atoms with Crippen LogP contribution in [0, 0.1) is 11.3 Å². The molecule has 0 spiro atoms. The second kappa shape index (κ2) is 6.69. The first-order chi connectivity index (χ1) is 9.70. The number of aryl methyl sites for hydroxylation is 1. The lowest BCUT2D eigenvalue weighted by molar-refractivity contribution is 0.372. The molecule has 0 aliphatic carbocycles. The third kappa shape index (κ3) is 3.27. The van der Waals surface area contributed by atoms with Crippen molar-refractivity contribution in [2.75, 3.05) is 6.54 Å². The lowest BCUT2D eigenvalue weighted by Gasteiger charge is -2.28. The summed E-state index contributed by atoms with van der Waals surface area (Å²) in [5.74, 6) is 0. The van der Waals surface area contributed by atoms with Crippen molar-refractivity contribution < 1.29 is 0 Å². The van der Waals surface area contributed by atoms with Crippen molar-refractivity contribution in [2.45, 2.75) is 25.4 Å². The first-order valence-electron chi connectivity index (χ1n) is 6.60. The molecule has 0 saturated heterocycles. The second-order valence-corrected chi connectivity index (χ2v) is 5.50. The van der Waals surface area contributed by atoms with Crippen LogP contribution >= 0.6 is 15.9 Å². The summed E-state index contributed by atoms with van der Waals surface area (Å²) in [6.07, 6.45) is 4.33. The molecule has 0 aliphatic heterocycles. The van der Waals surface area contributed by atoms with E-state index in [-0.39, 0.29) is 0 Å². The second-order valence-electron chi connectivity index (χ2n) is 4.59. The average Bonchev–Trinajstić information content (AvgIpc) is 2.90. The van der Waals surface area contributed by atoms with E-state index in [9.17, 15) is 5.26 Å². The Bertz CT molecular complexity index is 587. The fourth-order valence-corrected chi connectivity index (χ4v) is 2.59. The molecule has 2 rings (SSSR count). The van der Waals surface area contributed by atoms with E-state index in [1.54, 1.807) is 6.20 Å². The molecule has 1 aromatic carbocycles. The number of nitrogens with one attached hydrogen (secondary N) is 1. The summed E-state index contributed by atoms with van der Waals surface area (Å²) in [5, 5.41) is 17.3. The van der Waals surface area contributed by atoms with Crippen molar-refractivity contribution in [3.63, 3.8) is 0 Å². The molecule has 4 nitrogen and oxygen atoms in total. The Kier molecular flexibility index (Phi) is 4.94. The molecule has 2 aromatic rings. The van der Waals surface area contributed by atoms with Crippen molar-refractivity contribution in [3.05, 3.63) is 52.8 Å². The van der Waals surface area contributed by atoms with Crippen LogP contribution in [0.3, 0.4) is 0 Å². The summed E-state index contributed by atoms with van der Waals surface area (Å²) in [6.45, 7) is 3.44. The van der Waals surface area contributed by atoms with Gasteiger partial charge < -0.3 is 0 Å². The van der Waals surface area contributed by atoms with Gasteiger partial charge in [0.25, 0.3) is 0 Å². The minimum atomic E-state index is -0.672. The van der Waals surface area contributed by atoms with Gasteiger partial charge in [0.1, 0.15) is 5.54 Å². The van der Waals surface area contributed by atoms with E-state index < -0.39 is 5.54 Å². The van der Waals surface area contributed by atoms with Crippen LogP contribution in [0.25, 0.3) is 0 Å². The third-order valence-electron chi connectivity index (χ3n) is 3.25. The van der Waals surface area contributed by atoms with E-state index in [4.69, 9.17) is 0 Å². The summed E-state index contributed by atoms with van der Waals surface area (Å²) in [4.78, 5) is 0. The van der Waals surface area contributed by atoms with Crippen LogP contribution in [0.2, 0.25) is 0 Å². The Morgan fingerprint density at radius 1 is 1.40 bits per heavy atom. The van der Waals surface area contributed by atoms with Gasteiger partial charge in [-0.3, -0.25) is 10.00 Å².